The molecule has 2 aliphatic rings. The van der Waals surface area contributed by atoms with Crippen molar-refractivity contribution in [3.8, 4) is 11.5 Å². The standard InChI is InChI=1S/C20H17ClN4O3/c1-11-5-6-16-15(7-11)22-17-18(23-20(28)24-19(17)27)25(16)10-14(26)9-12-3-2-4-13(21)8-12/h2-8,14,26H,9-10H2,1H3,(H,24,27,28). The zero-order chi connectivity index (χ0) is 19.8. The van der Waals surface area contributed by atoms with Gasteiger partial charge < -0.3 is 9.67 Å². The van der Waals surface area contributed by atoms with Crippen LogP contribution < -0.4 is 11.2 Å². The first-order chi connectivity index (χ1) is 13.4. The first-order valence-electron chi connectivity index (χ1n) is 8.74. The Kier molecular flexibility index (Phi) is 4.70. The molecular weight excluding hydrogens is 380 g/mol. The predicted molar refractivity (Wildman–Crippen MR) is 107 cm³/mol. The van der Waals surface area contributed by atoms with E-state index in [4.69, 9.17) is 11.6 Å². The van der Waals surface area contributed by atoms with Gasteiger partial charge >= 0.3 is 5.69 Å². The van der Waals surface area contributed by atoms with Gasteiger partial charge in [0.1, 0.15) is 0 Å². The van der Waals surface area contributed by atoms with E-state index in [1.54, 1.807) is 16.7 Å². The van der Waals surface area contributed by atoms with Gasteiger partial charge in [-0.1, -0.05) is 29.8 Å². The van der Waals surface area contributed by atoms with Crippen LogP contribution in [-0.2, 0) is 13.0 Å². The summed E-state index contributed by atoms with van der Waals surface area (Å²) in [7, 11) is 0. The number of aromatic amines is 1. The van der Waals surface area contributed by atoms with Crippen LogP contribution in [0.2, 0.25) is 5.02 Å². The molecule has 28 heavy (non-hydrogen) atoms. The molecule has 0 radical (unpaired) electrons. The van der Waals surface area contributed by atoms with Crippen LogP contribution in [0.3, 0.4) is 0 Å². The second-order valence-corrected chi connectivity index (χ2v) is 7.18. The molecule has 0 fully saturated rings. The molecule has 2 N–H and O–H groups in total. The van der Waals surface area contributed by atoms with Gasteiger partial charge in [-0.2, -0.15) is 4.98 Å². The van der Waals surface area contributed by atoms with Crippen molar-refractivity contribution in [1.29, 1.82) is 0 Å². The maximum absolute atomic E-state index is 12.2. The van der Waals surface area contributed by atoms with Gasteiger partial charge in [0, 0.05) is 11.4 Å². The molecule has 0 saturated carbocycles. The van der Waals surface area contributed by atoms with Crippen LogP contribution in [0.1, 0.15) is 11.1 Å². The SMILES string of the molecule is Cc1ccc2c(c1)nc1c(=O)[nH]c(=O)nc-1n2CC(O)Cc1cccc(Cl)c1. The second-order valence-electron chi connectivity index (χ2n) is 6.75. The van der Waals surface area contributed by atoms with Crippen LogP contribution in [0, 0.1) is 6.92 Å². The minimum absolute atomic E-state index is 0.0626. The molecule has 8 heteroatoms. The Labute approximate surface area is 164 Å². The summed E-state index contributed by atoms with van der Waals surface area (Å²) < 4.78 is 1.67. The highest BCUT2D eigenvalue weighted by atomic mass is 35.5. The first kappa shape index (κ1) is 18.3. The molecular formula is C20H17ClN4O3. The van der Waals surface area contributed by atoms with Gasteiger partial charge in [-0.15, -0.1) is 0 Å². The number of halogens is 1. The molecule has 0 amide bonds. The molecule has 4 rings (SSSR count). The third kappa shape index (κ3) is 3.54. The van der Waals surface area contributed by atoms with Gasteiger partial charge in [-0.05, 0) is 42.3 Å². The molecule has 0 spiro atoms. The maximum atomic E-state index is 12.2. The Morgan fingerprint density at radius 3 is 2.79 bits per heavy atom. The van der Waals surface area contributed by atoms with Crippen molar-refractivity contribution >= 4 is 22.6 Å². The number of aromatic nitrogens is 4. The van der Waals surface area contributed by atoms with Crippen molar-refractivity contribution in [2.75, 3.05) is 0 Å². The average molecular weight is 397 g/mol. The lowest BCUT2D eigenvalue weighted by molar-refractivity contribution is 0.156. The van der Waals surface area contributed by atoms with Crippen LogP contribution in [0.15, 0.2) is 52.1 Å². The molecule has 2 aromatic rings. The van der Waals surface area contributed by atoms with Crippen molar-refractivity contribution in [2.45, 2.75) is 26.0 Å². The third-order valence-corrected chi connectivity index (χ3v) is 4.75. The van der Waals surface area contributed by atoms with Gasteiger partial charge in [0.25, 0.3) is 5.56 Å². The normalized spacial score (nSPS) is 12.5. The fraction of sp³-hybridized carbons (Fsp3) is 0.200. The number of hydrogen-bond acceptors (Lipinski definition) is 5. The number of aliphatic hydroxyl groups is 1. The highest BCUT2D eigenvalue weighted by Gasteiger charge is 2.20. The van der Waals surface area contributed by atoms with E-state index in [-0.39, 0.29) is 18.1 Å². The summed E-state index contributed by atoms with van der Waals surface area (Å²) in [6, 6.07) is 12.9. The van der Waals surface area contributed by atoms with E-state index < -0.39 is 17.4 Å². The minimum Gasteiger partial charge on any atom is -0.391 e. The Balaban J connectivity index is 1.83. The van der Waals surface area contributed by atoms with E-state index in [1.807, 2.05) is 37.3 Å². The molecule has 2 aromatic carbocycles. The number of aliphatic hydroxyl groups excluding tert-OH is 1. The Hall–Kier alpha value is -3.03. The third-order valence-electron chi connectivity index (χ3n) is 4.52. The Morgan fingerprint density at radius 2 is 2.00 bits per heavy atom. The van der Waals surface area contributed by atoms with Crippen molar-refractivity contribution in [2.24, 2.45) is 0 Å². The zero-order valence-electron chi connectivity index (χ0n) is 15.0. The van der Waals surface area contributed by atoms with E-state index in [1.165, 1.54) is 0 Å². The number of fused-ring (bicyclic) bond motifs is 2. The summed E-state index contributed by atoms with van der Waals surface area (Å²) >= 11 is 6.02. The Bertz CT molecular complexity index is 1260. The summed E-state index contributed by atoms with van der Waals surface area (Å²) in [6.07, 6.45) is -0.423. The van der Waals surface area contributed by atoms with Crippen molar-refractivity contribution in [3.05, 3.63) is 79.5 Å². The molecule has 1 unspecified atom stereocenters. The summed E-state index contributed by atoms with van der Waals surface area (Å²) in [4.78, 5) is 34.5. The molecule has 1 atom stereocenters. The monoisotopic (exact) mass is 396 g/mol. The number of nitrogens with one attached hydrogen (secondary N) is 1. The number of nitrogens with zero attached hydrogens (tertiary/aromatic N) is 3. The lowest BCUT2D eigenvalue weighted by Crippen LogP contribution is -2.30. The number of H-pyrrole nitrogens is 1. The summed E-state index contributed by atoms with van der Waals surface area (Å²) in [5.41, 5.74) is 1.85. The van der Waals surface area contributed by atoms with Crippen molar-refractivity contribution in [1.82, 2.24) is 19.5 Å². The highest BCUT2D eigenvalue weighted by molar-refractivity contribution is 6.30. The zero-order valence-corrected chi connectivity index (χ0v) is 15.8. The average Bonchev–Trinajstić information content (AvgIpc) is 2.62. The lowest BCUT2D eigenvalue weighted by Gasteiger charge is -2.20. The van der Waals surface area contributed by atoms with Gasteiger partial charge in [0.15, 0.2) is 11.5 Å². The van der Waals surface area contributed by atoms with Crippen LogP contribution >= 0.6 is 11.6 Å². The summed E-state index contributed by atoms with van der Waals surface area (Å²) in [5, 5.41) is 11.3. The van der Waals surface area contributed by atoms with Gasteiger partial charge in [-0.25, -0.2) is 9.78 Å². The van der Waals surface area contributed by atoms with Crippen molar-refractivity contribution in [3.63, 3.8) is 0 Å². The van der Waals surface area contributed by atoms with Crippen LogP contribution in [0.4, 0.5) is 0 Å². The molecule has 7 nitrogen and oxygen atoms in total. The number of aryl methyl sites for hydroxylation is 1. The predicted octanol–water partition coefficient (Wildman–Crippen LogP) is 2.15. The van der Waals surface area contributed by atoms with E-state index in [0.29, 0.717) is 22.5 Å². The topological polar surface area (TPSA) is 101 Å². The molecule has 0 saturated heterocycles. The fourth-order valence-corrected chi connectivity index (χ4v) is 3.52. The van der Waals surface area contributed by atoms with Gasteiger partial charge in [0.05, 0.1) is 23.7 Å². The largest absolute Gasteiger partial charge is 0.391 e. The number of rotatable bonds is 4. The summed E-state index contributed by atoms with van der Waals surface area (Å²) in [6.45, 7) is 2.06. The van der Waals surface area contributed by atoms with E-state index in [2.05, 4.69) is 15.0 Å². The van der Waals surface area contributed by atoms with Crippen LogP contribution in [0.5, 0.6) is 0 Å². The molecule has 0 bridgehead atoms. The molecule has 142 valence electrons. The molecule has 0 aromatic heterocycles. The van der Waals surface area contributed by atoms with E-state index in [9.17, 15) is 14.7 Å². The second kappa shape index (κ2) is 7.18. The number of benzene rings is 2. The Morgan fingerprint density at radius 1 is 1.18 bits per heavy atom. The molecule has 2 heterocycles. The maximum Gasteiger partial charge on any atom is 0.349 e. The van der Waals surface area contributed by atoms with Crippen molar-refractivity contribution < 1.29 is 5.11 Å². The quantitative estimate of drug-likeness (QED) is 0.515. The van der Waals surface area contributed by atoms with Crippen LogP contribution in [-0.4, -0.2) is 30.7 Å². The highest BCUT2D eigenvalue weighted by Crippen LogP contribution is 2.22. The molecule has 0 aliphatic carbocycles. The summed E-state index contributed by atoms with van der Waals surface area (Å²) in [5.74, 6) is 0.148. The van der Waals surface area contributed by atoms with E-state index in [0.717, 1.165) is 11.1 Å². The van der Waals surface area contributed by atoms with Crippen LogP contribution in [0.25, 0.3) is 22.6 Å². The number of hydrogen-bond donors (Lipinski definition) is 2. The minimum atomic E-state index is -0.783. The molecule has 2 aliphatic heterocycles. The smallest absolute Gasteiger partial charge is 0.349 e. The first-order valence-corrected chi connectivity index (χ1v) is 9.12. The lowest BCUT2D eigenvalue weighted by atomic mass is 10.1. The van der Waals surface area contributed by atoms with Gasteiger partial charge in [0.2, 0.25) is 0 Å². The van der Waals surface area contributed by atoms with E-state index >= 15 is 0 Å². The fourth-order valence-electron chi connectivity index (χ4n) is 3.31. The van der Waals surface area contributed by atoms with Gasteiger partial charge in [-0.3, -0.25) is 9.78 Å².